The van der Waals surface area contributed by atoms with Crippen LogP contribution < -0.4 is 0 Å². The van der Waals surface area contributed by atoms with Gasteiger partial charge in [0.25, 0.3) is 0 Å². The number of nitrogens with zero attached hydrogens (tertiary/aromatic N) is 1. The van der Waals surface area contributed by atoms with Crippen molar-refractivity contribution < 1.29 is 14.6 Å². The molecule has 0 bridgehead atoms. The Hall–Kier alpha value is -1.29. The summed E-state index contributed by atoms with van der Waals surface area (Å²) in [5.41, 5.74) is 0.377. The lowest BCUT2D eigenvalue weighted by Crippen LogP contribution is -2.10. The summed E-state index contributed by atoms with van der Waals surface area (Å²) >= 11 is 0. The van der Waals surface area contributed by atoms with Crippen molar-refractivity contribution in [3.05, 3.63) is 23.5 Å². The Labute approximate surface area is 76.0 Å². The molecule has 0 aliphatic heterocycles. The van der Waals surface area contributed by atoms with Crippen LogP contribution in [0.3, 0.4) is 0 Å². The molecule has 0 saturated carbocycles. The Morgan fingerprint density at radius 1 is 1.31 bits per heavy atom. The molecule has 0 aliphatic carbocycles. The van der Waals surface area contributed by atoms with Crippen LogP contribution in [-0.2, 0) is 6.54 Å². The first kappa shape index (κ1) is 9.80. The van der Waals surface area contributed by atoms with Gasteiger partial charge in [0.1, 0.15) is 5.82 Å². The summed E-state index contributed by atoms with van der Waals surface area (Å²) in [5, 5.41) is 18.4. The van der Waals surface area contributed by atoms with Gasteiger partial charge in [-0.15, -0.1) is 0 Å². The van der Waals surface area contributed by atoms with Crippen LogP contribution >= 0.6 is 0 Å². The lowest BCUT2D eigenvalue weighted by molar-refractivity contribution is 0.365. The smallest absolute Gasteiger partial charge is 0.162 e. The molecular formula is C9H12FNO2. The minimum absolute atomic E-state index is 0.255. The quantitative estimate of drug-likeness (QED) is 0.682. The molecule has 1 rings (SSSR count). The van der Waals surface area contributed by atoms with Gasteiger partial charge in [-0.3, -0.25) is 0 Å². The van der Waals surface area contributed by atoms with Crippen molar-refractivity contribution in [2.75, 3.05) is 14.1 Å². The highest BCUT2D eigenvalue weighted by Gasteiger charge is 2.09. The second-order valence-corrected chi connectivity index (χ2v) is 3.17. The van der Waals surface area contributed by atoms with Gasteiger partial charge in [0.15, 0.2) is 11.5 Å². The van der Waals surface area contributed by atoms with Crippen molar-refractivity contribution in [3.8, 4) is 11.5 Å². The van der Waals surface area contributed by atoms with E-state index < -0.39 is 11.6 Å². The summed E-state index contributed by atoms with van der Waals surface area (Å²) in [6.07, 6.45) is 0. The molecule has 3 nitrogen and oxygen atoms in total. The Morgan fingerprint density at radius 2 is 1.92 bits per heavy atom. The topological polar surface area (TPSA) is 43.7 Å². The first-order chi connectivity index (χ1) is 6.00. The number of hydrogen-bond donors (Lipinski definition) is 2. The maximum Gasteiger partial charge on any atom is 0.162 e. The van der Waals surface area contributed by atoms with Crippen LogP contribution in [0.1, 0.15) is 5.56 Å². The van der Waals surface area contributed by atoms with E-state index in [0.29, 0.717) is 12.1 Å². The summed E-state index contributed by atoms with van der Waals surface area (Å²) in [6.45, 7) is 0.386. The van der Waals surface area contributed by atoms with Crippen LogP contribution in [0, 0.1) is 5.82 Å². The Morgan fingerprint density at radius 3 is 2.46 bits per heavy atom. The van der Waals surface area contributed by atoms with Gasteiger partial charge in [-0.2, -0.15) is 0 Å². The summed E-state index contributed by atoms with van der Waals surface area (Å²) in [5.74, 6) is -1.22. The molecule has 1 aromatic rings. The molecule has 0 unspecified atom stereocenters. The lowest BCUT2D eigenvalue weighted by atomic mass is 10.1. The van der Waals surface area contributed by atoms with Crippen LogP contribution in [0.5, 0.6) is 11.5 Å². The molecule has 0 atom stereocenters. The monoisotopic (exact) mass is 185 g/mol. The van der Waals surface area contributed by atoms with E-state index in [-0.39, 0.29) is 5.75 Å². The van der Waals surface area contributed by atoms with E-state index in [1.165, 1.54) is 6.07 Å². The summed E-state index contributed by atoms with van der Waals surface area (Å²) in [6, 6.07) is 2.09. The highest BCUT2D eigenvalue weighted by Crippen LogP contribution is 2.30. The third kappa shape index (κ3) is 2.32. The first-order valence-corrected chi connectivity index (χ1v) is 3.86. The van der Waals surface area contributed by atoms with Crippen LogP contribution in [0.25, 0.3) is 0 Å². The van der Waals surface area contributed by atoms with Crippen molar-refractivity contribution >= 4 is 0 Å². The van der Waals surface area contributed by atoms with Gasteiger partial charge >= 0.3 is 0 Å². The van der Waals surface area contributed by atoms with E-state index in [9.17, 15) is 9.50 Å². The molecule has 0 heterocycles. The fourth-order valence-corrected chi connectivity index (χ4v) is 1.10. The molecule has 0 aliphatic rings. The maximum atomic E-state index is 12.8. The molecule has 0 saturated heterocycles. The molecule has 0 aromatic heterocycles. The van der Waals surface area contributed by atoms with Crippen LogP contribution in [-0.4, -0.2) is 29.2 Å². The molecule has 0 amide bonds. The number of phenolic OH excluding ortho intramolecular Hbond substituents is 2. The largest absolute Gasteiger partial charge is 0.504 e. The zero-order valence-corrected chi connectivity index (χ0v) is 7.58. The van der Waals surface area contributed by atoms with Crippen LogP contribution in [0.4, 0.5) is 4.39 Å². The van der Waals surface area contributed by atoms with Crippen molar-refractivity contribution in [3.63, 3.8) is 0 Å². The third-order valence-corrected chi connectivity index (χ3v) is 1.62. The summed E-state index contributed by atoms with van der Waals surface area (Å²) < 4.78 is 12.8. The highest BCUT2D eigenvalue weighted by molar-refractivity contribution is 5.44. The molecular weight excluding hydrogens is 173 g/mol. The Bertz CT molecular complexity index is 313. The Kier molecular flexibility index (Phi) is 2.72. The van der Waals surface area contributed by atoms with E-state index in [4.69, 9.17) is 5.11 Å². The number of hydrogen-bond acceptors (Lipinski definition) is 3. The van der Waals surface area contributed by atoms with E-state index in [0.717, 1.165) is 6.07 Å². The van der Waals surface area contributed by atoms with Gasteiger partial charge in [0.2, 0.25) is 0 Å². The van der Waals surface area contributed by atoms with Gasteiger partial charge in [-0.25, -0.2) is 4.39 Å². The number of phenols is 2. The second-order valence-electron chi connectivity index (χ2n) is 3.17. The zero-order chi connectivity index (χ0) is 10.0. The van der Waals surface area contributed by atoms with Crippen LogP contribution in [0.15, 0.2) is 12.1 Å². The molecule has 4 heteroatoms. The van der Waals surface area contributed by atoms with Gasteiger partial charge in [0, 0.05) is 18.2 Å². The molecule has 1 aromatic carbocycles. The minimum atomic E-state index is -0.549. The number of rotatable bonds is 2. The molecule has 13 heavy (non-hydrogen) atoms. The fraction of sp³-hybridized carbons (Fsp3) is 0.333. The summed E-state index contributed by atoms with van der Waals surface area (Å²) in [4.78, 5) is 1.77. The molecule has 0 fully saturated rings. The Balaban J connectivity index is 3.05. The number of halogens is 1. The lowest BCUT2D eigenvalue weighted by Gasteiger charge is -2.11. The number of benzene rings is 1. The third-order valence-electron chi connectivity index (χ3n) is 1.62. The SMILES string of the molecule is CN(C)Cc1cc(F)cc(O)c1O. The van der Waals surface area contributed by atoms with E-state index in [1.54, 1.807) is 19.0 Å². The molecule has 72 valence electrons. The van der Waals surface area contributed by atoms with Crippen molar-refractivity contribution in [1.29, 1.82) is 0 Å². The molecule has 0 radical (unpaired) electrons. The number of aromatic hydroxyl groups is 2. The highest BCUT2D eigenvalue weighted by atomic mass is 19.1. The van der Waals surface area contributed by atoms with Gasteiger partial charge in [-0.05, 0) is 20.2 Å². The van der Waals surface area contributed by atoms with Crippen LogP contribution in [0.2, 0.25) is 0 Å². The molecule has 0 spiro atoms. The normalized spacial score (nSPS) is 10.8. The minimum Gasteiger partial charge on any atom is -0.504 e. The maximum absolute atomic E-state index is 12.8. The van der Waals surface area contributed by atoms with Crippen molar-refractivity contribution in [2.45, 2.75) is 6.54 Å². The van der Waals surface area contributed by atoms with E-state index >= 15 is 0 Å². The van der Waals surface area contributed by atoms with E-state index in [2.05, 4.69) is 0 Å². The second kappa shape index (κ2) is 3.62. The molecule has 2 N–H and O–H groups in total. The predicted octanol–water partition coefficient (Wildman–Crippen LogP) is 1.30. The average molecular weight is 185 g/mol. The first-order valence-electron chi connectivity index (χ1n) is 3.86. The van der Waals surface area contributed by atoms with E-state index in [1.807, 2.05) is 0 Å². The average Bonchev–Trinajstić information content (AvgIpc) is 1.98. The standard InChI is InChI=1S/C9H12FNO2/c1-11(2)5-6-3-7(10)4-8(12)9(6)13/h3-4,12-13H,5H2,1-2H3. The van der Waals surface area contributed by atoms with Crippen molar-refractivity contribution in [1.82, 2.24) is 4.90 Å². The fourth-order valence-electron chi connectivity index (χ4n) is 1.10. The summed E-state index contributed by atoms with van der Waals surface area (Å²) in [7, 11) is 3.59. The van der Waals surface area contributed by atoms with Gasteiger partial charge < -0.3 is 15.1 Å². The zero-order valence-electron chi connectivity index (χ0n) is 7.58. The van der Waals surface area contributed by atoms with Crippen molar-refractivity contribution in [2.24, 2.45) is 0 Å². The predicted molar refractivity (Wildman–Crippen MR) is 47.1 cm³/mol. The van der Waals surface area contributed by atoms with Gasteiger partial charge in [0.05, 0.1) is 0 Å². The van der Waals surface area contributed by atoms with Gasteiger partial charge in [-0.1, -0.05) is 0 Å².